The first-order valence-corrected chi connectivity index (χ1v) is 7.46. The van der Waals surface area contributed by atoms with Crippen LogP contribution >= 0.6 is 0 Å². The van der Waals surface area contributed by atoms with Crippen molar-refractivity contribution < 1.29 is 18.0 Å². The molecule has 6 nitrogen and oxygen atoms in total. The molecule has 1 aromatic carbocycles. The fourth-order valence-electron chi connectivity index (χ4n) is 2.05. The first-order valence-electron chi connectivity index (χ1n) is 7.46. The van der Waals surface area contributed by atoms with Crippen molar-refractivity contribution >= 4 is 17.4 Å². The summed E-state index contributed by atoms with van der Waals surface area (Å²) in [5.41, 5.74) is 0.334. The lowest BCUT2D eigenvalue weighted by Gasteiger charge is -2.08. The van der Waals surface area contributed by atoms with Gasteiger partial charge in [0.1, 0.15) is 5.82 Å². The molecule has 26 heavy (non-hydrogen) atoms. The molecule has 0 radical (unpaired) electrons. The van der Waals surface area contributed by atoms with Gasteiger partial charge in [0.25, 0.3) is 5.91 Å². The molecule has 0 atom stereocenters. The molecule has 0 fully saturated rings. The van der Waals surface area contributed by atoms with Crippen LogP contribution in [-0.2, 0) is 6.54 Å². The molecule has 0 unspecified atom stereocenters. The van der Waals surface area contributed by atoms with Crippen LogP contribution in [0.25, 0.3) is 0 Å². The van der Waals surface area contributed by atoms with Crippen LogP contribution in [0, 0.1) is 17.5 Å². The highest BCUT2D eigenvalue weighted by molar-refractivity contribution is 6.02. The Morgan fingerprint density at radius 2 is 1.85 bits per heavy atom. The molecule has 0 aliphatic rings. The fraction of sp³-hybridized carbons (Fsp3) is 0.0588. The maximum absolute atomic E-state index is 13.6. The second kappa shape index (κ2) is 7.60. The van der Waals surface area contributed by atoms with Crippen molar-refractivity contribution in [2.75, 3.05) is 10.6 Å². The van der Waals surface area contributed by atoms with Crippen LogP contribution in [0.3, 0.4) is 0 Å². The number of rotatable bonds is 5. The van der Waals surface area contributed by atoms with E-state index < -0.39 is 29.0 Å². The first kappa shape index (κ1) is 17.3. The van der Waals surface area contributed by atoms with Gasteiger partial charge in [-0.1, -0.05) is 6.07 Å². The van der Waals surface area contributed by atoms with E-state index in [-0.39, 0.29) is 5.69 Å². The van der Waals surface area contributed by atoms with Crippen molar-refractivity contribution in [3.05, 3.63) is 77.5 Å². The third-order valence-corrected chi connectivity index (χ3v) is 3.38. The van der Waals surface area contributed by atoms with E-state index in [4.69, 9.17) is 0 Å². The number of hydrogen-bond acceptors (Lipinski definition) is 5. The summed E-state index contributed by atoms with van der Waals surface area (Å²) in [5, 5.41) is 12.7. The normalized spacial score (nSPS) is 10.4. The summed E-state index contributed by atoms with van der Waals surface area (Å²) in [7, 11) is 0. The molecule has 9 heteroatoms. The number of hydrogen-bond donors (Lipinski definition) is 2. The Bertz CT molecular complexity index is 920. The number of nitrogens with one attached hydrogen (secondary N) is 2. The third kappa shape index (κ3) is 3.94. The summed E-state index contributed by atoms with van der Waals surface area (Å²) in [5.74, 6) is -4.88. The van der Waals surface area contributed by atoms with Crippen LogP contribution in [0.1, 0.15) is 16.1 Å². The van der Waals surface area contributed by atoms with Crippen molar-refractivity contribution in [1.29, 1.82) is 0 Å². The lowest BCUT2D eigenvalue weighted by Crippen LogP contribution is -2.16. The highest BCUT2D eigenvalue weighted by atomic mass is 19.2. The molecular weight excluding hydrogens is 347 g/mol. The van der Waals surface area contributed by atoms with Crippen LogP contribution < -0.4 is 10.6 Å². The average Bonchev–Trinajstić information content (AvgIpc) is 2.68. The van der Waals surface area contributed by atoms with Gasteiger partial charge in [0.15, 0.2) is 23.1 Å². The Morgan fingerprint density at radius 1 is 1.00 bits per heavy atom. The fourth-order valence-corrected chi connectivity index (χ4v) is 2.05. The lowest BCUT2D eigenvalue weighted by atomic mass is 10.2. The van der Waals surface area contributed by atoms with E-state index in [1.165, 1.54) is 12.1 Å². The van der Waals surface area contributed by atoms with E-state index in [0.717, 1.165) is 11.6 Å². The van der Waals surface area contributed by atoms with E-state index >= 15 is 0 Å². The summed E-state index contributed by atoms with van der Waals surface area (Å²) in [6, 6.07) is 8.19. The van der Waals surface area contributed by atoms with Crippen molar-refractivity contribution in [2.24, 2.45) is 0 Å². The minimum absolute atomic E-state index is 0.110. The van der Waals surface area contributed by atoms with E-state index in [0.29, 0.717) is 18.4 Å². The molecule has 1 amide bonds. The van der Waals surface area contributed by atoms with Gasteiger partial charge in [-0.15, -0.1) is 10.2 Å². The van der Waals surface area contributed by atoms with Crippen LogP contribution in [0.15, 0.2) is 48.8 Å². The summed E-state index contributed by atoms with van der Waals surface area (Å²) in [4.78, 5) is 16.0. The number of nitrogens with zero attached hydrogens (tertiary/aromatic N) is 3. The Balaban J connectivity index is 1.64. The quantitative estimate of drug-likeness (QED) is 0.684. The molecule has 2 N–H and O–H groups in total. The summed E-state index contributed by atoms with van der Waals surface area (Å²) in [6.07, 6.45) is 3.35. The van der Waals surface area contributed by atoms with Crippen LogP contribution in [0.5, 0.6) is 0 Å². The molecule has 0 saturated heterocycles. The SMILES string of the molecule is O=C(Nc1ccc(F)c(F)c1F)c1ccc(NCc2cccnc2)nn1. The first-order chi connectivity index (χ1) is 12.5. The predicted octanol–water partition coefficient (Wildman–Crippen LogP) is 3.15. The smallest absolute Gasteiger partial charge is 0.276 e. The second-order valence-corrected chi connectivity index (χ2v) is 5.20. The van der Waals surface area contributed by atoms with E-state index in [1.807, 2.05) is 6.07 Å². The number of benzene rings is 1. The highest BCUT2D eigenvalue weighted by Crippen LogP contribution is 2.20. The standard InChI is InChI=1S/C17H12F3N5O/c18-11-3-4-12(16(20)15(11)19)23-17(26)13-5-6-14(25-24-13)22-9-10-2-1-7-21-8-10/h1-8H,9H2,(H,22,25)(H,23,26). The Labute approximate surface area is 146 Å². The van der Waals surface area contributed by atoms with Gasteiger partial charge < -0.3 is 10.6 Å². The van der Waals surface area contributed by atoms with Gasteiger partial charge in [-0.3, -0.25) is 9.78 Å². The zero-order valence-electron chi connectivity index (χ0n) is 13.2. The second-order valence-electron chi connectivity index (χ2n) is 5.20. The molecule has 0 aliphatic heterocycles. The Morgan fingerprint density at radius 3 is 2.54 bits per heavy atom. The average molecular weight is 359 g/mol. The van der Waals surface area contributed by atoms with E-state index in [1.54, 1.807) is 18.5 Å². The zero-order chi connectivity index (χ0) is 18.5. The number of halogens is 3. The molecule has 3 aromatic rings. The minimum atomic E-state index is -1.66. The predicted molar refractivity (Wildman–Crippen MR) is 87.9 cm³/mol. The van der Waals surface area contributed by atoms with E-state index in [2.05, 4.69) is 25.8 Å². The Kier molecular flexibility index (Phi) is 5.07. The number of carbonyl (C=O) groups is 1. The van der Waals surface area contributed by atoms with Crippen LogP contribution in [-0.4, -0.2) is 21.1 Å². The van der Waals surface area contributed by atoms with Crippen LogP contribution in [0.4, 0.5) is 24.7 Å². The summed E-state index contributed by atoms with van der Waals surface area (Å²) in [6.45, 7) is 0.466. The summed E-state index contributed by atoms with van der Waals surface area (Å²) < 4.78 is 39.7. The van der Waals surface area contributed by atoms with Gasteiger partial charge >= 0.3 is 0 Å². The van der Waals surface area contributed by atoms with Crippen molar-refractivity contribution in [1.82, 2.24) is 15.2 Å². The van der Waals surface area contributed by atoms with E-state index in [9.17, 15) is 18.0 Å². The topological polar surface area (TPSA) is 79.8 Å². The lowest BCUT2D eigenvalue weighted by molar-refractivity contribution is 0.102. The molecule has 0 aliphatic carbocycles. The Hall–Kier alpha value is -3.49. The van der Waals surface area contributed by atoms with Gasteiger partial charge in [-0.25, -0.2) is 13.2 Å². The van der Waals surface area contributed by atoms with Gasteiger partial charge in [0.05, 0.1) is 5.69 Å². The molecule has 3 rings (SSSR count). The molecule has 0 saturated carbocycles. The molecular formula is C17H12F3N5O. The highest BCUT2D eigenvalue weighted by Gasteiger charge is 2.16. The van der Waals surface area contributed by atoms with Crippen molar-refractivity contribution in [2.45, 2.75) is 6.54 Å². The number of amides is 1. The number of aromatic nitrogens is 3. The zero-order valence-corrected chi connectivity index (χ0v) is 13.2. The minimum Gasteiger partial charge on any atom is -0.364 e. The van der Waals surface area contributed by atoms with Crippen LogP contribution in [0.2, 0.25) is 0 Å². The molecule has 0 bridgehead atoms. The maximum Gasteiger partial charge on any atom is 0.276 e. The summed E-state index contributed by atoms with van der Waals surface area (Å²) >= 11 is 0. The largest absolute Gasteiger partial charge is 0.364 e. The molecule has 2 heterocycles. The number of carbonyl (C=O) groups excluding carboxylic acids is 1. The third-order valence-electron chi connectivity index (χ3n) is 3.38. The van der Waals surface area contributed by atoms with Gasteiger partial charge in [-0.2, -0.15) is 0 Å². The van der Waals surface area contributed by atoms with Gasteiger partial charge in [-0.05, 0) is 35.9 Å². The van der Waals surface area contributed by atoms with Crippen molar-refractivity contribution in [3.63, 3.8) is 0 Å². The van der Waals surface area contributed by atoms with Crippen molar-refractivity contribution in [3.8, 4) is 0 Å². The molecule has 2 aromatic heterocycles. The number of anilines is 2. The monoisotopic (exact) mass is 359 g/mol. The molecule has 0 spiro atoms. The number of pyridine rings is 1. The van der Waals surface area contributed by atoms with Gasteiger partial charge in [0.2, 0.25) is 0 Å². The van der Waals surface area contributed by atoms with Gasteiger partial charge in [0, 0.05) is 18.9 Å². The maximum atomic E-state index is 13.6. The molecule has 132 valence electrons.